The van der Waals surface area contributed by atoms with Crippen LogP contribution >= 0.6 is 0 Å². The summed E-state index contributed by atoms with van der Waals surface area (Å²) in [7, 11) is 0. The van der Waals surface area contributed by atoms with Crippen LogP contribution in [0.2, 0.25) is 0 Å². The number of benzene rings is 1. The first-order valence-corrected chi connectivity index (χ1v) is 5.87. The number of primary amides is 1. The van der Waals surface area contributed by atoms with Crippen molar-refractivity contribution in [1.29, 1.82) is 0 Å². The quantitative estimate of drug-likeness (QED) is 0.743. The molecule has 17 heavy (non-hydrogen) atoms. The summed E-state index contributed by atoms with van der Waals surface area (Å²) in [5.41, 5.74) is 11.7. The normalized spacial score (nSPS) is 12.1. The van der Waals surface area contributed by atoms with Gasteiger partial charge in [-0.3, -0.25) is 4.79 Å². The third kappa shape index (κ3) is 3.66. The molecule has 0 aliphatic carbocycles. The number of hydrogen-bond donors (Lipinski definition) is 2. The molecule has 1 rings (SSSR count). The minimum absolute atomic E-state index is 0.311. The van der Waals surface area contributed by atoms with E-state index >= 15 is 0 Å². The van der Waals surface area contributed by atoms with Crippen molar-refractivity contribution in [2.45, 2.75) is 26.7 Å². The zero-order chi connectivity index (χ0) is 12.8. The van der Waals surface area contributed by atoms with Gasteiger partial charge in [-0.15, -0.1) is 0 Å². The summed E-state index contributed by atoms with van der Waals surface area (Å²) in [4.78, 5) is 11.1. The molecule has 1 amide bonds. The molecule has 1 atom stereocenters. The first-order chi connectivity index (χ1) is 8.06. The summed E-state index contributed by atoms with van der Waals surface area (Å²) < 4.78 is 5.61. The van der Waals surface area contributed by atoms with Crippen molar-refractivity contribution in [3.8, 4) is 5.75 Å². The Hall–Kier alpha value is -1.71. The van der Waals surface area contributed by atoms with E-state index in [0.717, 1.165) is 12.8 Å². The molecule has 94 valence electrons. The summed E-state index contributed by atoms with van der Waals surface area (Å²) in [5.74, 6) is 0.468. The van der Waals surface area contributed by atoms with Gasteiger partial charge in [0.05, 0.1) is 17.9 Å². The van der Waals surface area contributed by atoms with E-state index < -0.39 is 5.91 Å². The molecular formula is C13H20N2O2. The molecule has 0 saturated heterocycles. The van der Waals surface area contributed by atoms with E-state index in [1.54, 1.807) is 18.2 Å². The van der Waals surface area contributed by atoms with Gasteiger partial charge in [0.1, 0.15) is 5.75 Å². The first kappa shape index (κ1) is 13.4. The molecule has 4 N–H and O–H groups in total. The van der Waals surface area contributed by atoms with E-state index in [2.05, 4.69) is 13.8 Å². The summed E-state index contributed by atoms with van der Waals surface area (Å²) in [6.45, 7) is 4.86. The fourth-order valence-corrected chi connectivity index (χ4v) is 1.69. The molecule has 0 aromatic heterocycles. The van der Waals surface area contributed by atoms with E-state index in [0.29, 0.717) is 29.5 Å². The van der Waals surface area contributed by atoms with E-state index in [1.807, 2.05) is 0 Å². The highest BCUT2D eigenvalue weighted by molar-refractivity contribution is 5.99. The number of anilines is 1. The Morgan fingerprint density at radius 3 is 2.76 bits per heavy atom. The van der Waals surface area contributed by atoms with Gasteiger partial charge in [0.15, 0.2) is 0 Å². The lowest BCUT2D eigenvalue weighted by atomic mass is 10.1. The number of rotatable bonds is 6. The van der Waals surface area contributed by atoms with E-state index in [9.17, 15) is 4.79 Å². The molecule has 0 spiro atoms. The van der Waals surface area contributed by atoms with Crippen LogP contribution in [-0.4, -0.2) is 12.5 Å². The van der Waals surface area contributed by atoms with Crippen LogP contribution in [0.3, 0.4) is 0 Å². The van der Waals surface area contributed by atoms with Crippen LogP contribution in [0.4, 0.5) is 5.69 Å². The number of para-hydroxylation sites is 1. The Labute approximate surface area is 102 Å². The second-order valence-corrected chi connectivity index (χ2v) is 4.29. The molecule has 0 aliphatic heterocycles. The Balaban J connectivity index is 2.72. The monoisotopic (exact) mass is 236 g/mol. The second kappa shape index (κ2) is 6.13. The lowest BCUT2D eigenvalue weighted by Gasteiger charge is -2.14. The highest BCUT2D eigenvalue weighted by atomic mass is 16.5. The fourth-order valence-electron chi connectivity index (χ4n) is 1.69. The van der Waals surface area contributed by atoms with Gasteiger partial charge in [-0.2, -0.15) is 0 Å². The third-order valence-electron chi connectivity index (χ3n) is 2.64. The van der Waals surface area contributed by atoms with Crippen LogP contribution in [0.1, 0.15) is 37.0 Å². The molecular weight excluding hydrogens is 216 g/mol. The zero-order valence-corrected chi connectivity index (χ0v) is 10.4. The van der Waals surface area contributed by atoms with Crippen LogP contribution in [0.15, 0.2) is 18.2 Å². The van der Waals surface area contributed by atoms with Gasteiger partial charge < -0.3 is 16.2 Å². The number of nitrogens with two attached hydrogens (primary N) is 2. The summed E-state index contributed by atoms with van der Waals surface area (Å²) in [5, 5.41) is 0. The predicted octanol–water partition coefficient (Wildman–Crippen LogP) is 2.18. The molecule has 1 aromatic rings. The topological polar surface area (TPSA) is 78.3 Å². The maximum atomic E-state index is 11.1. The van der Waals surface area contributed by atoms with Crippen molar-refractivity contribution in [2.75, 3.05) is 12.3 Å². The summed E-state index contributed by atoms with van der Waals surface area (Å²) >= 11 is 0. The second-order valence-electron chi connectivity index (χ2n) is 4.29. The minimum atomic E-state index is -0.533. The Morgan fingerprint density at radius 2 is 2.18 bits per heavy atom. The fraction of sp³-hybridized carbons (Fsp3) is 0.462. The number of carbonyl (C=O) groups is 1. The van der Waals surface area contributed by atoms with E-state index in [4.69, 9.17) is 16.2 Å². The molecule has 4 heteroatoms. The van der Waals surface area contributed by atoms with Crippen LogP contribution in [-0.2, 0) is 0 Å². The molecule has 0 saturated carbocycles. The number of carbonyl (C=O) groups excluding carboxylic acids is 1. The van der Waals surface area contributed by atoms with Crippen LogP contribution in [0, 0.1) is 5.92 Å². The van der Waals surface area contributed by atoms with Gasteiger partial charge in [-0.25, -0.2) is 0 Å². The smallest absolute Gasteiger partial charge is 0.250 e. The van der Waals surface area contributed by atoms with Crippen molar-refractivity contribution in [1.82, 2.24) is 0 Å². The average molecular weight is 236 g/mol. The summed E-state index contributed by atoms with van der Waals surface area (Å²) in [6, 6.07) is 5.07. The van der Waals surface area contributed by atoms with Crippen LogP contribution in [0.5, 0.6) is 5.75 Å². The number of hydrogen-bond acceptors (Lipinski definition) is 3. The van der Waals surface area contributed by atoms with Gasteiger partial charge >= 0.3 is 0 Å². The standard InChI is InChI=1S/C13H20N2O2/c1-3-5-9(2)8-17-11-7-4-6-10(12(11)14)13(15)16/h4,6-7,9H,3,5,8,14H2,1-2H3,(H2,15,16). The van der Waals surface area contributed by atoms with Gasteiger partial charge in [-0.1, -0.05) is 26.3 Å². The van der Waals surface area contributed by atoms with Crippen molar-refractivity contribution >= 4 is 11.6 Å². The molecule has 1 aromatic carbocycles. The molecule has 0 aliphatic rings. The van der Waals surface area contributed by atoms with Gasteiger partial charge in [0.25, 0.3) is 5.91 Å². The molecule has 0 fully saturated rings. The van der Waals surface area contributed by atoms with E-state index in [-0.39, 0.29) is 0 Å². The van der Waals surface area contributed by atoms with E-state index in [1.165, 1.54) is 0 Å². The maximum Gasteiger partial charge on any atom is 0.250 e. The highest BCUT2D eigenvalue weighted by Crippen LogP contribution is 2.25. The number of nitrogen functional groups attached to an aromatic ring is 1. The molecule has 1 unspecified atom stereocenters. The van der Waals surface area contributed by atoms with Gasteiger partial charge in [0.2, 0.25) is 0 Å². The van der Waals surface area contributed by atoms with Gasteiger partial charge in [-0.05, 0) is 24.5 Å². The van der Waals surface area contributed by atoms with Gasteiger partial charge in [0, 0.05) is 0 Å². The lowest BCUT2D eigenvalue weighted by molar-refractivity contribution is 0.100. The molecule has 4 nitrogen and oxygen atoms in total. The van der Waals surface area contributed by atoms with Crippen molar-refractivity contribution in [3.63, 3.8) is 0 Å². The largest absolute Gasteiger partial charge is 0.491 e. The maximum absolute atomic E-state index is 11.1. The van der Waals surface area contributed by atoms with Crippen LogP contribution in [0.25, 0.3) is 0 Å². The molecule has 0 radical (unpaired) electrons. The third-order valence-corrected chi connectivity index (χ3v) is 2.64. The lowest BCUT2D eigenvalue weighted by Crippen LogP contribution is -2.15. The Bertz CT molecular complexity index is 391. The minimum Gasteiger partial charge on any atom is -0.491 e. The Morgan fingerprint density at radius 1 is 1.47 bits per heavy atom. The highest BCUT2D eigenvalue weighted by Gasteiger charge is 2.11. The average Bonchev–Trinajstić information content (AvgIpc) is 2.27. The van der Waals surface area contributed by atoms with Crippen LogP contribution < -0.4 is 16.2 Å². The molecule has 0 bridgehead atoms. The number of ether oxygens (including phenoxy) is 1. The number of amides is 1. The zero-order valence-electron chi connectivity index (χ0n) is 10.4. The molecule has 0 heterocycles. The predicted molar refractivity (Wildman–Crippen MR) is 68.9 cm³/mol. The first-order valence-electron chi connectivity index (χ1n) is 5.87. The van der Waals surface area contributed by atoms with Crippen molar-refractivity contribution in [3.05, 3.63) is 23.8 Å². The Kier molecular flexibility index (Phi) is 4.82. The van der Waals surface area contributed by atoms with Crippen molar-refractivity contribution in [2.24, 2.45) is 11.7 Å². The SMILES string of the molecule is CCCC(C)COc1cccc(C(N)=O)c1N. The summed E-state index contributed by atoms with van der Waals surface area (Å²) in [6.07, 6.45) is 2.23. The van der Waals surface area contributed by atoms with Crippen molar-refractivity contribution < 1.29 is 9.53 Å².